The summed E-state index contributed by atoms with van der Waals surface area (Å²) >= 11 is 0. The topological polar surface area (TPSA) is 28.2 Å². The number of pyridine rings is 1. The highest BCUT2D eigenvalue weighted by Gasteiger charge is 2.22. The first-order chi connectivity index (χ1) is 8.69. The first-order valence-electron chi connectivity index (χ1n) is 7.15. The van der Waals surface area contributed by atoms with Gasteiger partial charge in [-0.25, -0.2) is 0 Å². The lowest BCUT2D eigenvalue weighted by atomic mass is 10.2. The number of anilines is 1. The Morgan fingerprint density at radius 1 is 1.44 bits per heavy atom. The molecule has 0 unspecified atom stereocenters. The molecule has 0 spiro atoms. The van der Waals surface area contributed by atoms with Crippen molar-refractivity contribution in [1.29, 1.82) is 0 Å². The lowest BCUT2D eigenvalue weighted by Gasteiger charge is -2.20. The van der Waals surface area contributed by atoms with E-state index in [0.29, 0.717) is 12.1 Å². The van der Waals surface area contributed by atoms with Crippen molar-refractivity contribution in [2.75, 3.05) is 18.0 Å². The molecule has 0 aromatic carbocycles. The standard InChI is InChI=1S/C15H25N3/c1-4-5-13-6-7-15(10-16-13)18-9-8-14(11-18)17-12(2)3/h6-7,10,12,14,17H,4-5,8-9,11H2,1-3H3/t14-/m1/s1. The molecule has 0 amide bonds. The SMILES string of the molecule is CCCc1ccc(N2CC[C@@H](NC(C)C)C2)cn1. The Balaban J connectivity index is 1.92. The zero-order valence-electron chi connectivity index (χ0n) is 11.8. The van der Waals surface area contributed by atoms with E-state index in [2.05, 4.69) is 48.1 Å². The molecular formula is C15H25N3. The molecule has 0 bridgehead atoms. The normalized spacial score (nSPS) is 19.8. The van der Waals surface area contributed by atoms with Gasteiger partial charge in [-0.05, 0) is 25.0 Å². The zero-order chi connectivity index (χ0) is 13.0. The molecule has 1 aromatic heterocycles. The second kappa shape index (κ2) is 6.19. The van der Waals surface area contributed by atoms with Crippen LogP contribution in [-0.4, -0.2) is 30.2 Å². The van der Waals surface area contributed by atoms with Crippen LogP contribution in [0, 0.1) is 0 Å². The molecule has 1 atom stereocenters. The molecule has 3 heteroatoms. The van der Waals surface area contributed by atoms with Crippen LogP contribution in [0.15, 0.2) is 18.3 Å². The van der Waals surface area contributed by atoms with Crippen molar-refractivity contribution in [3.63, 3.8) is 0 Å². The van der Waals surface area contributed by atoms with Gasteiger partial charge in [0.2, 0.25) is 0 Å². The van der Waals surface area contributed by atoms with Crippen LogP contribution in [0.25, 0.3) is 0 Å². The maximum atomic E-state index is 4.54. The predicted molar refractivity (Wildman–Crippen MR) is 77.1 cm³/mol. The fourth-order valence-corrected chi connectivity index (χ4v) is 2.61. The number of hydrogen-bond acceptors (Lipinski definition) is 3. The van der Waals surface area contributed by atoms with Crippen LogP contribution < -0.4 is 10.2 Å². The highest BCUT2D eigenvalue weighted by Crippen LogP contribution is 2.20. The first kappa shape index (κ1) is 13.3. The van der Waals surface area contributed by atoms with Crippen molar-refractivity contribution in [2.24, 2.45) is 0 Å². The Bertz CT molecular complexity index is 359. The monoisotopic (exact) mass is 247 g/mol. The van der Waals surface area contributed by atoms with Crippen molar-refractivity contribution in [1.82, 2.24) is 10.3 Å². The summed E-state index contributed by atoms with van der Waals surface area (Å²) < 4.78 is 0. The van der Waals surface area contributed by atoms with E-state index < -0.39 is 0 Å². The quantitative estimate of drug-likeness (QED) is 0.867. The van der Waals surface area contributed by atoms with Gasteiger partial charge in [0.05, 0.1) is 11.9 Å². The summed E-state index contributed by atoms with van der Waals surface area (Å²) in [5.41, 5.74) is 2.47. The average molecular weight is 247 g/mol. The Labute approximate surface area is 111 Å². The van der Waals surface area contributed by atoms with Gasteiger partial charge in [-0.15, -0.1) is 0 Å². The summed E-state index contributed by atoms with van der Waals surface area (Å²) in [4.78, 5) is 6.97. The van der Waals surface area contributed by atoms with E-state index in [4.69, 9.17) is 0 Å². The molecule has 2 rings (SSSR count). The van der Waals surface area contributed by atoms with E-state index >= 15 is 0 Å². The molecule has 3 nitrogen and oxygen atoms in total. The number of rotatable bonds is 5. The smallest absolute Gasteiger partial charge is 0.0553 e. The van der Waals surface area contributed by atoms with Crippen LogP contribution in [0.4, 0.5) is 5.69 Å². The van der Waals surface area contributed by atoms with Crippen molar-refractivity contribution in [2.45, 2.75) is 52.1 Å². The van der Waals surface area contributed by atoms with E-state index in [1.165, 1.54) is 17.8 Å². The molecule has 0 radical (unpaired) electrons. The Kier molecular flexibility index (Phi) is 4.59. The number of nitrogens with zero attached hydrogens (tertiary/aromatic N) is 2. The number of nitrogens with one attached hydrogen (secondary N) is 1. The molecule has 1 fully saturated rings. The lowest BCUT2D eigenvalue weighted by molar-refractivity contribution is 0.492. The fourth-order valence-electron chi connectivity index (χ4n) is 2.61. The Morgan fingerprint density at radius 2 is 2.28 bits per heavy atom. The van der Waals surface area contributed by atoms with E-state index in [0.717, 1.165) is 25.9 Å². The molecule has 1 aliphatic rings. The van der Waals surface area contributed by atoms with Crippen LogP contribution in [0.5, 0.6) is 0 Å². The fraction of sp³-hybridized carbons (Fsp3) is 0.667. The minimum absolute atomic E-state index is 0.569. The molecule has 18 heavy (non-hydrogen) atoms. The van der Waals surface area contributed by atoms with Crippen LogP contribution in [0.2, 0.25) is 0 Å². The highest BCUT2D eigenvalue weighted by atomic mass is 15.2. The second-order valence-corrected chi connectivity index (χ2v) is 5.51. The summed E-state index contributed by atoms with van der Waals surface area (Å²) in [5, 5.41) is 3.61. The summed E-state index contributed by atoms with van der Waals surface area (Å²) in [7, 11) is 0. The van der Waals surface area contributed by atoms with Crippen molar-refractivity contribution >= 4 is 5.69 Å². The number of hydrogen-bond donors (Lipinski definition) is 1. The minimum Gasteiger partial charge on any atom is -0.369 e. The third kappa shape index (κ3) is 3.45. The second-order valence-electron chi connectivity index (χ2n) is 5.51. The number of aromatic nitrogens is 1. The molecule has 1 saturated heterocycles. The molecule has 1 aliphatic heterocycles. The highest BCUT2D eigenvalue weighted by molar-refractivity contribution is 5.46. The third-order valence-electron chi connectivity index (χ3n) is 3.44. The van der Waals surface area contributed by atoms with E-state index in [9.17, 15) is 0 Å². The van der Waals surface area contributed by atoms with Crippen LogP contribution >= 0.6 is 0 Å². The largest absolute Gasteiger partial charge is 0.369 e. The van der Waals surface area contributed by atoms with Gasteiger partial charge in [0.25, 0.3) is 0 Å². The molecule has 2 heterocycles. The van der Waals surface area contributed by atoms with Crippen LogP contribution in [0.3, 0.4) is 0 Å². The van der Waals surface area contributed by atoms with Gasteiger partial charge < -0.3 is 10.2 Å². The van der Waals surface area contributed by atoms with Crippen molar-refractivity contribution in [3.05, 3.63) is 24.0 Å². The molecule has 1 aromatic rings. The van der Waals surface area contributed by atoms with Crippen LogP contribution in [0.1, 0.15) is 39.3 Å². The minimum atomic E-state index is 0.569. The summed E-state index contributed by atoms with van der Waals surface area (Å²) in [6, 6.07) is 5.58. The summed E-state index contributed by atoms with van der Waals surface area (Å²) in [5.74, 6) is 0. The van der Waals surface area contributed by atoms with Gasteiger partial charge in [0.15, 0.2) is 0 Å². The maximum Gasteiger partial charge on any atom is 0.0553 e. The first-order valence-corrected chi connectivity index (χ1v) is 7.15. The summed E-state index contributed by atoms with van der Waals surface area (Å²) in [6.45, 7) is 8.86. The third-order valence-corrected chi connectivity index (χ3v) is 3.44. The van der Waals surface area contributed by atoms with E-state index in [1.54, 1.807) is 0 Å². The van der Waals surface area contributed by atoms with Gasteiger partial charge in [-0.3, -0.25) is 4.98 Å². The Hall–Kier alpha value is -1.09. The van der Waals surface area contributed by atoms with Gasteiger partial charge in [0.1, 0.15) is 0 Å². The van der Waals surface area contributed by atoms with E-state index in [1.807, 2.05) is 6.20 Å². The number of aryl methyl sites for hydroxylation is 1. The van der Waals surface area contributed by atoms with Gasteiger partial charge in [-0.2, -0.15) is 0 Å². The molecule has 100 valence electrons. The lowest BCUT2D eigenvalue weighted by Crippen LogP contribution is -2.37. The van der Waals surface area contributed by atoms with Gasteiger partial charge in [0, 0.05) is 30.9 Å². The molecule has 0 aliphatic carbocycles. The van der Waals surface area contributed by atoms with E-state index in [-0.39, 0.29) is 0 Å². The van der Waals surface area contributed by atoms with Gasteiger partial charge >= 0.3 is 0 Å². The van der Waals surface area contributed by atoms with Crippen LogP contribution in [-0.2, 0) is 6.42 Å². The molecule has 0 saturated carbocycles. The van der Waals surface area contributed by atoms with Crippen molar-refractivity contribution < 1.29 is 0 Å². The summed E-state index contributed by atoms with van der Waals surface area (Å²) in [6.07, 6.45) is 5.51. The van der Waals surface area contributed by atoms with Gasteiger partial charge in [-0.1, -0.05) is 27.2 Å². The molecule has 1 N–H and O–H groups in total. The maximum absolute atomic E-state index is 4.54. The molecular weight excluding hydrogens is 222 g/mol. The average Bonchev–Trinajstić information content (AvgIpc) is 2.78. The van der Waals surface area contributed by atoms with Crippen molar-refractivity contribution in [3.8, 4) is 0 Å². The predicted octanol–water partition coefficient (Wildman–Crippen LogP) is 2.61. The Morgan fingerprint density at radius 3 is 2.89 bits per heavy atom. The zero-order valence-corrected chi connectivity index (χ0v) is 11.8.